The highest BCUT2D eigenvalue weighted by molar-refractivity contribution is 6.36. The van der Waals surface area contributed by atoms with Crippen LogP contribution in [-0.2, 0) is 11.2 Å². The van der Waals surface area contributed by atoms with Crippen LogP contribution in [0.5, 0.6) is 0 Å². The van der Waals surface area contributed by atoms with Crippen LogP contribution in [0, 0.1) is 18.8 Å². The maximum atomic E-state index is 12.5. The van der Waals surface area contributed by atoms with E-state index in [4.69, 9.17) is 28.9 Å². The zero-order valence-electron chi connectivity index (χ0n) is 26.9. The van der Waals surface area contributed by atoms with Crippen molar-refractivity contribution in [3.05, 3.63) is 135 Å². The Balaban J connectivity index is 0.000000620. The molecule has 1 aliphatic carbocycles. The highest BCUT2D eigenvalue weighted by atomic mass is 35.5. The fourth-order valence-corrected chi connectivity index (χ4v) is 5.19. The molecule has 3 rings (SSSR count). The summed E-state index contributed by atoms with van der Waals surface area (Å²) in [5, 5.41) is 4.67. The summed E-state index contributed by atoms with van der Waals surface area (Å²) >= 11 is 12.6. The molecular weight excluding hydrogens is 583 g/mol. The van der Waals surface area contributed by atoms with Gasteiger partial charge in [-0.25, -0.2) is 0 Å². The molecule has 5 heteroatoms. The molecule has 3 nitrogen and oxygen atoms in total. The normalized spacial score (nSPS) is 15.5. The second kappa shape index (κ2) is 22.0. The summed E-state index contributed by atoms with van der Waals surface area (Å²) in [4.78, 5) is 12.5. The Hall–Kier alpha value is -3.55. The summed E-state index contributed by atoms with van der Waals surface area (Å²) < 4.78 is 0. The van der Waals surface area contributed by atoms with Crippen molar-refractivity contribution in [3.63, 3.8) is 0 Å². The second-order valence-corrected chi connectivity index (χ2v) is 11.3. The summed E-state index contributed by atoms with van der Waals surface area (Å²) in [6, 6.07) is 15.9. The third-order valence-corrected chi connectivity index (χ3v) is 7.36. The van der Waals surface area contributed by atoms with Crippen LogP contribution in [0.1, 0.15) is 65.9 Å². The van der Waals surface area contributed by atoms with E-state index in [1.807, 2.05) is 56.4 Å². The van der Waals surface area contributed by atoms with Crippen LogP contribution in [0.25, 0.3) is 0 Å². The van der Waals surface area contributed by atoms with Crippen molar-refractivity contribution in [2.24, 2.45) is 11.7 Å². The fraction of sp³-hybridized carbons (Fsp3) is 0.308. The number of nitrogens with two attached hydrogens (primary N) is 1. The van der Waals surface area contributed by atoms with E-state index in [2.05, 4.69) is 74.5 Å². The minimum Gasteiger partial charge on any atom is -0.354 e. The quantitative estimate of drug-likeness (QED) is 0.147. The van der Waals surface area contributed by atoms with Gasteiger partial charge in [0.1, 0.15) is 0 Å². The van der Waals surface area contributed by atoms with Crippen LogP contribution in [0.15, 0.2) is 119 Å². The Bertz CT molecular complexity index is 1390. The number of Topliss-reactive ketones (excluding diaryl/α,β-unsaturated/α-hetero) is 1. The van der Waals surface area contributed by atoms with Gasteiger partial charge in [-0.1, -0.05) is 104 Å². The third-order valence-electron chi connectivity index (χ3n) is 6.81. The van der Waals surface area contributed by atoms with Gasteiger partial charge in [0.25, 0.3) is 0 Å². The number of benzene rings is 2. The van der Waals surface area contributed by atoms with E-state index in [0.29, 0.717) is 16.0 Å². The monoisotopic (exact) mass is 630 g/mol. The van der Waals surface area contributed by atoms with Gasteiger partial charge in [-0.15, -0.1) is 12.8 Å². The Morgan fingerprint density at radius 3 is 2.34 bits per heavy atom. The summed E-state index contributed by atoms with van der Waals surface area (Å²) in [6.07, 6.45) is 27.1. The van der Waals surface area contributed by atoms with Crippen molar-refractivity contribution in [2.75, 3.05) is 11.9 Å². The molecule has 0 saturated heterocycles. The first-order valence-electron chi connectivity index (χ1n) is 15.1. The van der Waals surface area contributed by atoms with Gasteiger partial charge in [0.05, 0.1) is 10.7 Å². The molecule has 0 aliphatic heterocycles. The van der Waals surface area contributed by atoms with Crippen molar-refractivity contribution < 1.29 is 4.79 Å². The Morgan fingerprint density at radius 1 is 1.07 bits per heavy atom. The highest BCUT2D eigenvalue weighted by Crippen LogP contribution is 2.37. The molecule has 0 bridgehead atoms. The highest BCUT2D eigenvalue weighted by Gasteiger charge is 2.23. The number of halogens is 2. The van der Waals surface area contributed by atoms with Gasteiger partial charge in [0, 0.05) is 16.3 Å². The van der Waals surface area contributed by atoms with E-state index in [1.54, 1.807) is 13.0 Å². The van der Waals surface area contributed by atoms with Crippen LogP contribution in [-0.4, -0.2) is 12.3 Å². The molecule has 234 valence electrons. The number of rotatable bonds is 11. The standard InChI is InChI=1S/C27H31Cl2NO.C10H15N.C2H2/c1-5-8-12-20(10-6-2)17-21-13-9-14-24(23(11-7-3)19(4)31)27(21)30-26-16-15-22(28)18-25(26)29;1-9(8-11)7-10-5-3-2-4-6-10;1-2/h5-6,8,10-12,15-18,30H,7,9,13-14H2,1-4H3;2-6,9H,7-8,11H2,1H3;1-2H/b8-5-,10-6+,20-12+,21-17+,23-11+;;. The maximum Gasteiger partial charge on any atom is 0.159 e. The molecule has 44 heavy (non-hydrogen) atoms. The van der Waals surface area contributed by atoms with E-state index < -0.39 is 0 Å². The number of hydrogen-bond acceptors (Lipinski definition) is 3. The molecule has 0 radical (unpaired) electrons. The van der Waals surface area contributed by atoms with Gasteiger partial charge in [0.15, 0.2) is 5.78 Å². The molecule has 0 spiro atoms. The summed E-state index contributed by atoms with van der Waals surface area (Å²) in [7, 11) is 0. The number of ketones is 1. The van der Waals surface area contributed by atoms with Crippen molar-refractivity contribution >= 4 is 34.7 Å². The molecule has 0 aromatic heterocycles. The van der Waals surface area contributed by atoms with Crippen LogP contribution >= 0.6 is 23.2 Å². The minimum atomic E-state index is 0.0812. The van der Waals surface area contributed by atoms with Gasteiger partial charge in [-0.3, -0.25) is 4.79 Å². The zero-order chi connectivity index (χ0) is 32.9. The predicted octanol–water partition coefficient (Wildman–Crippen LogP) is 10.8. The van der Waals surface area contributed by atoms with Crippen LogP contribution in [0.4, 0.5) is 5.69 Å². The molecule has 0 heterocycles. The van der Waals surface area contributed by atoms with Gasteiger partial charge in [-0.05, 0) is 112 Å². The van der Waals surface area contributed by atoms with E-state index >= 15 is 0 Å². The zero-order valence-corrected chi connectivity index (χ0v) is 28.4. The Kier molecular flexibility index (Phi) is 19.3. The van der Waals surface area contributed by atoms with E-state index in [-0.39, 0.29) is 5.78 Å². The predicted molar refractivity (Wildman–Crippen MR) is 194 cm³/mol. The number of carbonyl (C=O) groups is 1. The van der Waals surface area contributed by atoms with Gasteiger partial charge >= 0.3 is 0 Å². The Labute approximate surface area is 276 Å². The van der Waals surface area contributed by atoms with E-state index in [9.17, 15) is 4.79 Å². The molecule has 1 unspecified atom stereocenters. The lowest BCUT2D eigenvalue weighted by molar-refractivity contribution is -0.113. The molecular formula is C39H48Cl2N2O. The van der Waals surface area contributed by atoms with Crippen molar-refractivity contribution in [1.29, 1.82) is 0 Å². The van der Waals surface area contributed by atoms with E-state index in [1.165, 1.54) is 5.56 Å². The molecule has 1 atom stereocenters. The molecule has 0 saturated carbocycles. The molecule has 0 fully saturated rings. The van der Waals surface area contributed by atoms with Crippen molar-refractivity contribution in [1.82, 2.24) is 0 Å². The van der Waals surface area contributed by atoms with Crippen molar-refractivity contribution in [2.45, 2.75) is 66.7 Å². The van der Waals surface area contributed by atoms with E-state index in [0.717, 1.165) is 72.3 Å². The molecule has 2 aromatic carbocycles. The molecule has 2 aromatic rings. The second-order valence-electron chi connectivity index (χ2n) is 10.4. The number of anilines is 1. The number of nitrogens with one attached hydrogen (secondary N) is 1. The summed E-state index contributed by atoms with van der Waals surface area (Å²) in [6.45, 7) is 10.6. The van der Waals surface area contributed by atoms with Crippen LogP contribution < -0.4 is 11.1 Å². The lowest BCUT2D eigenvalue weighted by atomic mass is 9.84. The first kappa shape index (κ1) is 38.5. The number of carbonyl (C=O) groups excluding carboxylic acids is 1. The lowest BCUT2D eigenvalue weighted by Gasteiger charge is -2.26. The van der Waals surface area contributed by atoms with Crippen LogP contribution in [0.3, 0.4) is 0 Å². The maximum absolute atomic E-state index is 12.5. The largest absolute Gasteiger partial charge is 0.354 e. The molecule has 0 amide bonds. The topological polar surface area (TPSA) is 55.1 Å². The average molecular weight is 632 g/mol. The molecule has 1 aliphatic rings. The third kappa shape index (κ3) is 13.4. The number of terminal acetylenes is 1. The van der Waals surface area contributed by atoms with Gasteiger partial charge < -0.3 is 11.1 Å². The smallest absolute Gasteiger partial charge is 0.159 e. The fourth-order valence-electron chi connectivity index (χ4n) is 4.73. The van der Waals surface area contributed by atoms with Gasteiger partial charge in [-0.2, -0.15) is 0 Å². The van der Waals surface area contributed by atoms with Crippen molar-refractivity contribution in [3.8, 4) is 12.8 Å². The van der Waals surface area contributed by atoms with Gasteiger partial charge in [0.2, 0.25) is 0 Å². The SMILES string of the molecule is C#C.CC(CN)Cc1ccccc1.C\C=C/C=C(\C=C\C)/C=C1\CCCC(C(=C/CC)/C(C)=O)=C1Nc1ccc(Cl)cc1Cl. The average Bonchev–Trinajstić information content (AvgIpc) is 3.02. The Morgan fingerprint density at radius 2 is 1.77 bits per heavy atom. The first-order valence-corrected chi connectivity index (χ1v) is 15.9. The van der Waals surface area contributed by atoms with Crippen LogP contribution in [0.2, 0.25) is 10.0 Å². The summed E-state index contributed by atoms with van der Waals surface area (Å²) in [5.74, 6) is 0.676. The minimum absolute atomic E-state index is 0.0812. The summed E-state index contributed by atoms with van der Waals surface area (Å²) in [5.41, 5.74) is 12.7. The lowest BCUT2D eigenvalue weighted by Crippen LogP contribution is -2.16. The first-order chi connectivity index (χ1) is 21.2. The number of allylic oxidation sites excluding steroid dienone is 11. The molecule has 3 N–H and O–H groups in total. The number of hydrogen-bond donors (Lipinski definition) is 2.